The Balaban J connectivity index is 4.06. The van der Waals surface area contributed by atoms with Crippen LogP contribution in [0.3, 0.4) is 0 Å². The van der Waals surface area contributed by atoms with Crippen LogP contribution in [0.5, 0.6) is 0 Å². The van der Waals surface area contributed by atoms with Crippen molar-refractivity contribution in [2.24, 2.45) is 0 Å². The molecule has 0 amide bonds. The molecule has 0 aliphatic rings. The molecule has 32 valence electrons. The zero-order chi connectivity index (χ0) is 4.50. The Bertz CT molecular complexity index is 92.8. The number of nitrogens with one attached hydrogen (secondary N) is 1. The van der Waals surface area contributed by atoms with Crippen molar-refractivity contribution < 1.29 is 4.21 Å². The molecule has 0 heterocycles. The van der Waals surface area contributed by atoms with E-state index in [2.05, 4.69) is 0 Å². The summed E-state index contributed by atoms with van der Waals surface area (Å²) in [7, 11) is 0. The molecule has 1 N–H and O–H groups in total. The highest BCUT2D eigenvalue weighted by molar-refractivity contribution is 14.3. The SMILES string of the molecule is N=S(=O)(I)I. The molecule has 0 atom stereocenters. The van der Waals surface area contributed by atoms with Gasteiger partial charge in [-0.15, -0.1) is 0 Å². The Morgan fingerprint density at radius 2 is 1.60 bits per heavy atom. The lowest BCUT2D eigenvalue weighted by atomic mass is 14.0. The van der Waals surface area contributed by atoms with Gasteiger partial charge in [-0.05, 0) is 0 Å². The first kappa shape index (κ1) is 6.41. The van der Waals surface area contributed by atoms with E-state index in [9.17, 15) is 4.21 Å². The summed E-state index contributed by atoms with van der Waals surface area (Å²) < 4.78 is 14.0. The summed E-state index contributed by atoms with van der Waals surface area (Å²) in [6, 6.07) is 0. The molecule has 0 aliphatic heterocycles. The molecular formula is HI2NOS. The molecule has 0 aliphatic carbocycles. The maximum Gasteiger partial charge on any atom is 0.153 e. The van der Waals surface area contributed by atoms with E-state index in [1.54, 1.807) is 42.4 Å². The summed E-state index contributed by atoms with van der Waals surface area (Å²) in [4.78, 5) is 0. The molecule has 0 radical (unpaired) electrons. The molecular weight excluding hydrogens is 316 g/mol. The van der Waals surface area contributed by atoms with E-state index in [0.717, 1.165) is 0 Å². The third-order valence-corrected chi connectivity index (χ3v) is 0. The van der Waals surface area contributed by atoms with Gasteiger partial charge in [-0.2, -0.15) is 0 Å². The van der Waals surface area contributed by atoms with Crippen molar-refractivity contribution in [3.63, 3.8) is 0 Å². The van der Waals surface area contributed by atoms with Crippen LogP contribution < -0.4 is 0 Å². The molecule has 0 unspecified atom stereocenters. The van der Waals surface area contributed by atoms with Crippen LogP contribution in [-0.2, 0) is 4.07 Å². The van der Waals surface area contributed by atoms with Gasteiger partial charge in [-0.1, -0.05) is 0 Å². The van der Waals surface area contributed by atoms with Crippen molar-refractivity contribution in [2.45, 2.75) is 0 Å². The van der Waals surface area contributed by atoms with Gasteiger partial charge in [0.05, 0.1) is 42.4 Å². The number of rotatable bonds is 0. The van der Waals surface area contributed by atoms with Crippen LogP contribution in [0.15, 0.2) is 0 Å². The summed E-state index contributed by atoms with van der Waals surface area (Å²) in [5, 5.41) is 0. The van der Waals surface area contributed by atoms with E-state index >= 15 is 0 Å². The van der Waals surface area contributed by atoms with E-state index in [4.69, 9.17) is 4.78 Å². The normalized spacial score (nSPS) is 11.6. The smallest absolute Gasteiger partial charge is 0.153 e. The fourth-order valence-corrected chi connectivity index (χ4v) is 0. The van der Waals surface area contributed by atoms with E-state index in [1.165, 1.54) is 0 Å². The number of halogens is 2. The molecule has 0 aromatic carbocycles. The van der Waals surface area contributed by atoms with Crippen molar-refractivity contribution in [1.29, 1.82) is 4.78 Å². The fourth-order valence-electron chi connectivity index (χ4n) is 0. The maximum absolute atomic E-state index is 9.83. The molecule has 0 saturated heterocycles. The molecule has 0 saturated carbocycles. The first-order valence-electron chi connectivity index (χ1n) is 0.679. The van der Waals surface area contributed by atoms with E-state index in [1.807, 2.05) is 0 Å². The Labute approximate surface area is 54.9 Å². The van der Waals surface area contributed by atoms with Gasteiger partial charge in [0.1, 0.15) is 0 Å². The van der Waals surface area contributed by atoms with Crippen LogP contribution in [0, 0.1) is 4.78 Å². The topological polar surface area (TPSA) is 40.9 Å². The Morgan fingerprint density at radius 3 is 1.60 bits per heavy atom. The Hall–Kier alpha value is 1.41. The molecule has 5 heavy (non-hydrogen) atoms. The molecule has 0 aromatic heterocycles. The molecule has 0 fully saturated rings. The van der Waals surface area contributed by atoms with Gasteiger partial charge in [0.25, 0.3) is 0 Å². The molecule has 0 aromatic rings. The minimum absolute atomic E-state index is 1.56. The van der Waals surface area contributed by atoms with Crippen molar-refractivity contribution in [3.8, 4) is 0 Å². The molecule has 0 bridgehead atoms. The second-order valence-corrected chi connectivity index (χ2v) is 13.8. The summed E-state index contributed by atoms with van der Waals surface area (Å²) in [5.74, 6) is 0. The van der Waals surface area contributed by atoms with Crippen molar-refractivity contribution in [2.75, 3.05) is 0 Å². The van der Waals surface area contributed by atoms with Crippen LogP contribution in [0.4, 0.5) is 0 Å². The second kappa shape index (κ2) is 1.92. The van der Waals surface area contributed by atoms with Gasteiger partial charge in [0, 0.05) is 0 Å². The van der Waals surface area contributed by atoms with Crippen molar-refractivity contribution in [3.05, 3.63) is 0 Å². The highest BCUT2D eigenvalue weighted by Crippen LogP contribution is 2.10. The van der Waals surface area contributed by atoms with Gasteiger partial charge in [0.15, 0.2) is 4.07 Å². The van der Waals surface area contributed by atoms with Gasteiger partial charge < -0.3 is 0 Å². The predicted molar refractivity (Wildman–Crippen MR) is 38.9 cm³/mol. The Kier molecular flexibility index (Phi) is 2.46. The fraction of sp³-hybridized carbons (Fsp3) is 0. The lowest BCUT2D eigenvalue weighted by molar-refractivity contribution is 0.695. The monoisotopic (exact) mass is 317 g/mol. The van der Waals surface area contributed by atoms with Crippen LogP contribution in [0.1, 0.15) is 0 Å². The Morgan fingerprint density at radius 1 is 1.60 bits per heavy atom. The average molecular weight is 317 g/mol. The van der Waals surface area contributed by atoms with Crippen LogP contribution in [0.25, 0.3) is 0 Å². The van der Waals surface area contributed by atoms with Crippen LogP contribution >= 0.6 is 42.4 Å². The quantitative estimate of drug-likeness (QED) is 0.537. The molecule has 2 nitrogen and oxygen atoms in total. The third-order valence-electron chi connectivity index (χ3n) is 0. The summed E-state index contributed by atoms with van der Waals surface area (Å²) >= 11 is 3.12. The zero-order valence-electron chi connectivity index (χ0n) is 2.07. The minimum atomic E-state index is -2.23. The highest BCUT2D eigenvalue weighted by atomic mass is 127. The van der Waals surface area contributed by atoms with E-state index in [0.29, 0.717) is 0 Å². The zero-order valence-corrected chi connectivity index (χ0v) is 7.20. The standard InChI is InChI=1S/HI2NOS/c1-5(2,3)4/h3H. The summed E-state index contributed by atoms with van der Waals surface area (Å²) in [5.41, 5.74) is 0. The minimum Gasteiger partial charge on any atom is -0.236 e. The van der Waals surface area contributed by atoms with Crippen LogP contribution in [-0.4, -0.2) is 4.21 Å². The average Bonchev–Trinajstić information content (AvgIpc) is 0.722. The highest BCUT2D eigenvalue weighted by Gasteiger charge is 1.80. The lowest BCUT2D eigenvalue weighted by Crippen LogP contribution is -1.54. The molecule has 0 rings (SSSR count). The first-order valence-corrected chi connectivity index (χ1v) is 7.32. The van der Waals surface area contributed by atoms with Gasteiger partial charge in [-0.25, -0.2) is 8.99 Å². The lowest BCUT2D eigenvalue weighted by Gasteiger charge is -1.68. The second-order valence-electron chi connectivity index (χ2n) is 0.422. The molecule has 0 spiro atoms. The third kappa shape index (κ3) is 31.6. The maximum atomic E-state index is 9.83. The van der Waals surface area contributed by atoms with E-state index < -0.39 is 4.07 Å². The van der Waals surface area contributed by atoms with Crippen molar-refractivity contribution >= 4 is 46.5 Å². The summed E-state index contributed by atoms with van der Waals surface area (Å²) in [6.07, 6.45) is 0. The van der Waals surface area contributed by atoms with Crippen LogP contribution in [0.2, 0.25) is 0 Å². The summed E-state index contributed by atoms with van der Waals surface area (Å²) in [6.45, 7) is 0. The van der Waals surface area contributed by atoms with Gasteiger partial charge in [0.2, 0.25) is 0 Å². The van der Waals surface area contributed by atoms with Gasteiger partial charge >= 0.3 is 0 Å². The predicted octanol–water partition coefficient (Wildman–Crippen LogP) is 1.73. The van der Waals surface area contributed by atoms with E-state index in [-0.39, 0.29) is 0 Å². The van der Waals surface area contributed by atoms with Crippen molar-refractivity contribution in [1.82, 2.24) is 0 Å². The largest absolute Gasteiger partial charge is 0.236 e. The number of hydrogen-bond acceptors (Lipinski definition) is 2. The first-order chi connectivity index (χ1) is 2.00. The molecule has 5 heteroatoms. The number of hydrogen-bond donors (Lipinski definition) is 1. The van der Waals surface area contributed by atoms with Gasteiger partial charge in [-0.3, -0.25) is 0 Å².